The first kappa shape index (κ1) is 15.4. The number of nitrogens with zero attached hydrogens (tertiary/aromatic N) is 3. The summed E-state index contributed by atoms with van der Waals surface area (Å²) in [5.41, 5.74) is 1.04. The average Bonchev–Trinajstić information content (AvgIpc) is 2.97. The Morgan fingerprint density at radius 3 is 2.78 bits per heavy atom. The van der Waals surface area contributed by atoms with Crippen molar-refractivity contribution >= 4 is 34.5 Å². The van der Waals surface area contributed by atoms with Gasteiger partial charge >= 0.3 is 0 Å². The molecule has 0 unspecified atom stereocenters. The third kappa shape index (κ3) is 3.30. The lowest BCUT2D eigenvalue weighted by molar-refractivity contribution is 0.102. The summed E-state index contributed by atoms with van der Waals surface area (Å²) in [5.74, 6) is -0.419. The quantitative estimate of drug-likeness (QED) is 0.791. The van der Waals surface area contributed by atoms with Crippen molar-refractivity contribution in [1.82, 2.24) is 14.8 Å². The number of aryl methyl sites for hydroxylation is 1. The molecule has 3 heterocycles. The molecule has 3 aromatic heterocycles. The highest BCUT2D eigenvalue weighted by atomic mass is 35.5. The molecule has 1 amide bonds. The standard InChI is InChI=1S/C15H11ClN4O2S/c1-20-13(21)7-4-10(19-20)15(22)18-9-3-2-8-17-14(9)11-5-6-12(16)23-11/h2-8H,1H3,(H,18,22). The lowest BCUT2D eigenvalue weighted by Gasteiger charge is -2.09. The zero-order chi connectivity index (χ0) is 16.4. The van der Waals surface area contributed by atoms with Crippen molar-refractivity contribution in [2.45, 2.75) is 0 Å². The van der Waals surface area contributed by atoms with Gasteiger partial charge in [0.25, 0.3) is 11.5 Å². The molecule has 0 aromatic carbocycles. The molecular weight excluding hydrogens is 336 g/mol. The van der Waals surface area contributed by atoms with Gasteiger partial charge in [-0.2, -0.15) is 5.10 Å². The Labute approximate surface area is 140 Å². The molecule has 0 aliphatic heterocycles. The Bertz CT molecular complexity index is 935. The number of hydrogen-bond acceptors (Lipinski definition) is 5. The lowest BCUT2D eigenvalue weighted by Crippen LogP contribution is -2.23. The number of halogens is 1. The first-order valence-electron chi connectivity index (χ1n) is 6.61. The van der Waals surface area contributed by atoms with Crippen LogP contribution in [0.5, 0.6) is 0 Å². The van der Waals surface area contributed by atoms with E-state index in [1.807, 2.05) is 6.07 Å². The van der Waals surface area contributed by atoms with E-state index in [1.54, 1.807) is 24.4 Å². The molecule has 0 bridgehead atoms. The van der Waals surface area contributed by atoms with E-state index in [0.29, 0.717) is 15.7 Å². The maximum atomic E-state index is 12.3. The first-order valence-corrected chi connectivity index (χ1v) is 7.80. The molecule has 8 heteroatoms. The largest absolute Gasteiger partial charge is 0.319 e. The molecule has 23 heavy (non-hydrogen) atoms. The van der Waals surface area contributed by atoms with Gasteiger partial charge in [-0.25, -0.2) is 4.68 Å². The zero-order valence-electron chi connectivity index (χ0n) is 12.0. The second-order valence-electron chi connectivity index (χ2n) is 4.64. The molecule has 0 saturated heterocycles. The molecule has 1 N–H and O–H groups in total. The molecule has 0 aliphatic rings. The van der Waals surface area contributed by atoms with Crippen molar-refractivity contribution in [3.05, 3.63) is 63.0 Å². The lowest BCUT2D eigenvalue weighted by atomic mass is 10.2. The van der Waals surface area contributed by atoms with Crippen LogP contribution in [0.3, 0.4) is 0 Å². The maximum Gasteiger partial charge on any atom is 0.276 e. The molecule has 116 valence electrons. The fourth-order valence-electron chi connectivity index (χ4n) is 1.95. The summed E-state index contributed by atoms with van der Waals surface area (Å²) in [5, 5.41) is 6.69. The van der Waals surface area contributed by atoms with Gasteiger partial charge < -0.3 is 5.32 Å². The number of carbonyl (C=O) groups excluding carboxylic acids is 1. The zero-order valence-corrected chi connectivity index (χ0v) is 13.6. The summed E-state index contributed by atoms with van der Waals surface area (Å²) in [7, 11) is 1.49. The van der Waals surface area contributed by atoms with E-state index >= 15 is 0 Å². The Morgan fingerprint density at radius 1 is 1.26 bits per heavy atom. The SMILES string of the molecule is Cn1nc(C(=O)Nc2cccnc2-c2ccc(Cl)s2)ccc1=O. The number of amides is 1. The molecule has 0 saturated carbocycles. The van der Waals surface area contributed by atoms with Crippen LogP contribution < -0.4 is 10.9 Å². The molecule has 3 aromatic rings. The number of anilines is 1. The van der Waals surface area contributed by atoms with Gasteiger partial charge in [-0.15, -0.1) is 11.3 Å². The number of hydrogen-bond donors (Lipinski definition) is 1. The van der Waals surface area contributed by atoms with Crippen LogP contribution in [0.25, 0.3) is 10.6 Å². The van der Waals surface area contributed by atoms with Crippen LogP contribution in [-0.4, -0.2) is 20.7 Å². The minimum atomic E-state index is -0.419. The number of pyridine rings is 1. The number of rotatable bonds is 3. The fourth-order valence-corrected chi connectivity index (χ4v) is 3.01. The van der Waals surface area contributed by atoms with Crippen molar-refractivity contribution in [1.29, 1.82) is 0 Å². The normalized spacial score (nSPS) is 10.5. The number of aromatic nitrogens is 3. The van der Waals surface area contributed by atoms with Gasteiger partial charge in [0.1, 0.15) is 11.4 Å². The third-order valence-electron chi connectivity index (χ3n) is 3.06. The molecule has 0 atom stereocenters. The van der Waals surface area contributed by atoms with Crippen LogP contribution >= 0.6 is 22.9 Å². The number of nitrogens with one attached hydrogen (secondary N) is 1. The molecule has 0 fully saturated rings. The van der Waals surface area contributed by atoms with E-state index in [1.165, 1.54) is 30.5 Å². The third-order valence-corrected chi connectivity index (χ3v) is 4.29. The van der Waals surface area contributed by atoms with E-state index < -0.39 is 5.91 Å². The van der Waals surface area contributed by atoms with Gasteiger partial charge in [0, 0.05) is 19.3 Å². The van der Waals surface area contributed by atoms with Crippen LogP contribution in [0.15, 0.2) is 47.4 Å². The predicted octanol–water partition coefficient (Wildman–Crippen LogP) is 2.81. The van der Waals surface area contributed by atoms with Gasteiger partial charge in [-0.05, 0) is 30.3 Å². The smallest absolute Gasteiger partial charge is 0.276 e. The monoisotopic (exact) mass is 346 g/mol. The van der Waals surface area contributed by atoms with E-state index in [-0.39, 0.29) is 11.3 Å². The molecule has 0 aliphatic carbocycles. The summed E-state index contributed by atoms with van der Waals surface area (Å²) in [6, 6.07) is 9.77. The first-order chi connectivity index (χ1) is 11.0. The predicted molar refractivity (Wildman–Crippen MR) is 90.0 cm³/mol. The summed E-state index contributed by atoms with van der Waals surface area (Å²) < 4.78 is 1.75. The second-order valence-corrected chi connectivity index (χ2v) is 6.35. The minimum absolute atomic E-state index is 0.145. The number of thiophene rings is 1. The number of carbonyl (C=O) groups is 1. The van der Waals surface area contributed by atoms with E-state index in [4.69, 9.17) is 11.6 Å². The van der Waals surface area contributed by atoms with Gasteiger partial charge in [-0.3, -0.25) is 14.6 Å². The van der Waals surface area contributed by atoms with Gasteiger partial charge in [0.05, 0.1) is 14.9 Å². The van der Waals surface area contributed by atoms with E-state index in [0.717, 1.165) is 9.56 Å². The van der Waals surface area contributed by atoms with Crippen molar-refractivity contribution in [3.8, 4) is 10.6 Å². The van der Waals surface area contributed by atoms with Crippen LogP contribution in [0.1, 0.15) is 10.5 Å². The van der Waals surface area contributed by atoms with Crippen molar-refractivity contribution in [3.63, 3.8) is 0 Å². The summed E-state index contributed by atoms with van der Waals surface area (Å²) in [6.07, 6.45) is 1.64. The van der Waals surface area contributed by atoms with E-state index in [9.17, 15) is 9.59 Å². The highest BCUT2D eigenvalue weighted by Crippen LogP contribution is 2.33. The Hall–Kier alpha value is -2.51. The molecular formula is C15H11ClN4O2S. The topological polar surface area (TPSA) is 76.9 Å². The van der Waals surface area contributed by atoms with Crippen molar-refractivity contribution in [2.24, 2.45) is 7.05 Å². The van der Waals surface area contributed by atoms with Crippen LogP contribution in [0.4, 0.5) is 5.69 Å². The van der Waals surface area contributed by atoms with Crippen molar-refractivity contribution < 1.29 is 4.79 Å². The van der Waals surface area contributed by atoms with Crippen LogP contribution in [0.2, 0.25) is 4.34 Å². The van der Waals surface area contributed by atoms with Crippen molar-refractivity contribution in [2.75, 3.05) is 5.32 Å². The highest BCUT2D eigenvalue weighted by molar-refractivity contribution is 7.19. The Kier molecular flexibility index (Phi) is 4.22. The minimum Gasteiger partial charge on any atom is -0.319 e. The summed E-state index contributed by atoms with van der Waals surface area (Å²) in [4.78, 5) is 28.8. The van der Waals surface area contributed by atoms with Crippen LogP contribution in [0, 0.1) is 0 Å². The van der Waals surface area contributed by atoms with E-state index in [2.05, 4.69) is 15.4 Å². The molecule has 0 spiro atoms. The average molecular weight is 347 g/mol. The fraction of sp³-hybridized carbons (Fsp3) is 0.0667. The Balaban J connectivity index is 1.92. The maximum absolute atomic E-state index is 12.3. The molecule has 0 radical (unpaired) electrons. The highest BCUT2D eigenvalue weighted by Gasteiger charge is 2.14. The van der Waals surface area contributed by atoms with Gasteiger partial charge in [0.15, 0.2) is 0 Å². The molecule has 6 nitrogen and oxygen atoms in total. The van der Waals surface area contributed by atoms with Gasteiger partial charge in [0.2, 0.25) is 0 Å². The summed E-state index contributed by atoms with van der Waals surface area (Å²) >= 11 is 7.33. The Morgan fingerprint density at radius 2 is 2.09 bits per heavy atom. The summed E-state index contributed by atoms with van der Waals surface area (Å²) in [6.45, 7) is 0. The van der Waals surface area contributed by atoms with Gasteiger partial charge in [-0.1, -0.05) is 11.6 Å². The second kappa shape index (κ2) is 6.31. The molecule has 3 rings (SSSR count). The van der Waals surface area contributed by atoms with Crippen LogP contribution in [-0.2, 0) is 7.05 Å².